The van der Waals surface area contributed by atoms with Crippen LogP contribution < -0.4 is 20.4 Å². The monoisotopic (exact) mass is 516 g/mol. The fraction of sp³-hybridized carbons (Fsp3) is 0.444. The summed E-state index contributed by atoms with van der Waals surface area (Å²) in [6, 6.07) is 8.19. The van der Waals surface area contributed by atoms with Gasteiger partial charge in [0.05, 0.1) is 14.2 Å². The van der Waals surface area contributed by atoms with Gasteiger partial charge in [0, 0.05) is 37.5 Å². The van der Waals surface area contributed by atoms with Gasteiger partial charge in [0.15, 0.2) is 11.5 Å². The first-order valence-electron chi connectivity index (χ1n) is 12.1. The maximum absolute atomic E-state index is 13.2. The summed E-state index contributed by atoms with van der Waals surface area (Å²) < 4.78 is 15.9. The Morgan fingerprint density at radius 3 is 2.61 bits per heavy atom. The number of unbranched alkanes of at least 4 members (excludes halogenated alkanes) is 2. The molecule has 2 aromatic rings. The molecule has 1 aliphatic heterocycles. The predicted molar refractivity (Wildman–Crippen MR) is 138 cm³/mol. The summed E-state index contributed by atoms with van der Waals surface area (Å²) in [5, 5.41) is 2.88. The van der Waals surface area contributed by atoms with Crippen molar-refractivity contribution in [1.29, 1.82) is 0 Å². The Morgan fingerprint density at radius 2 is 1.94 bits per heavy atom. The zero-order valence-corrected chi connectivity index (χ0v) is 21.7. The second-order valence-electron chi connectivity index (χ2n) is 8.79. The molecule has 1 fully saturated rings. The van der Waals surface area contributed by atoms with Crippen molar-refractivity contribution >= 4 is 23.4 Å². The number of halogens is 1. The first kappa shape index (κ1) is 27.3. The second-order valence-corrected chi connectivity index (χ2v) is 9.01. The van der Waals surface area contributed by atoms with Crippen LogP contribution in [0.1, 0.15) is 60.7 Å². The molecule has 1 aromatic heterocycles. The van der Waals surface area contributed by atoms with E-state index in [1.165, 1.54) is 16.5 Å². The van der Waals surface area contributed by atoms with E-state index in [0.29, 0.717) is 36.6 Å². The predicted octanol–water partition coefficient (Wildman–Crippen LogP) is 4.43. The molecule has 1 aromatic carbocycles. The molecule has 0 radical (unpaired) electrons. The standard InChI is InChI=1S/C27H33ClN2O6/c1-4-5-6-7-21-9-10-22(27(33)36-21)26(32)30-17-19(15-28)12-20(30)14-25(31)29-16-18-8-11-23(34-2)24(13-18)35-3/h8-11,13,15,20H,4-7,12,14,16-17H2,1-3H3,(H,29,31)/t20-/m0/s1. The summed E-state index contributed by atoms with van der Waals surface area (Å²) in [7, 11) is 3.11. The van der Waals surface area contributed by atoms with Crippen LogP contribution >= 0.6 is 11.6 Å². The topological polar surface area (TPSA) is 98.1 Å². The van der Waals surface area contributed by atoms with Crippen LogP contribution in [0.4, 0.5) is 0 Å². The molecule has 0 aliphatic carbocycles. The number of aryl methyl sites for hydroxylation is 1. The molecule has 3 rings (SSSR count). The molecule has 36 heavy (non-hydrogen) atoms. The number of nitrogens with one attached hydrogen (secondary N) is 1. The summed E-state index contributed by atoms with van der Waals surface area (Å²) in [6.45, 7) is 2.65. The van der Waals surface area contributed by atoms with Crippen LogP contribution in [0.15, 0.2) is 50.7 Å². The third-order valence-electron chi connectivity index (χ3n) is 6.22. The molecule has 2 amide bonds. The third kappa shape index (κ3) is 6.91. The molecule has 0 unspecified atom stereocenters. The number of methoxy groups -OCH3 is 2. The van der Waals surface area contributed by atoms with Crippen molar-refractivity contribution in [2.45, 2.75) is 58.0 Å². The Morgan fingerprint density at radius 1 is 1.17 bits per heavy atom. The molecular weight excluding hydrogens is 484 g/mol. The highest BCUT2D eigenvalue weighted by Crippen LogP contribution is 2.28. The molecule has 1 atom stereocenters. The highest BCUT2D eigenvalue weighted by Gasteiger charge is 2.35. The number of hydrogen-bond donors (Lipinski definition) is 1. The van der Waals surface area contributed by atoms with Gasteiger partial charge in [-0.05, 0) is 48.2 Å². The SMILES string of the molecule is CCCCCc1ccc(C(=O)N2CC(=CCl)C[C@H]2CC(=O)NCc2ccc(OC)c(OC)c2)c(=O)o1. The summed E-state index contributed by atoms with van der Waals surface area (Å²) in [5.41, 5.74) is 2.40. The van der Waals surface area contributed by atoms with E-state index in [9.17, 15) is 14.4 Å². The highest BCUT2D eigenvalue weighted by atomic mass is 35.5. The van der Waals surface area contributed by atoms with E-state index in [2.05, 4.69) is 12.2 Å². The van der Waals surface area contributed by atoms with Gasteiger partial charge in [-0.2, -0.15) is 0 Å². The first-order valence-corrected chi connectivity index (χ1v) is 12.5. The van der Waals surface area contributed by atoms with Crippen LogP contribution in [0.3, 0.4) is 0 Å². The lowest BCUT2D eigenvalue weighted by Crippen LogP contribution is -2.40. The number of hydrogen-bond acceptors (Lipinski definition) is 6. The molecule has 0 saturated carbocycles. The van der Waals surface area contributed by atoms with Crippen molar-refractivity contribution in [2.75, 3.05) is 20.8 Å². The van der Waals surface area contributed by atoms with Crippen LogP contribution in [0.5, 0.6) is 11.5 Å². The van der Waals surface area contributed by atoms with Gasteiger partial charge in [0.2, 0.25) is 5.91 Å². The maximum atomic E-state index is 13.2. The first-order chi connectivity index (χ1) is 17.4. The molecule has 1 N–H and O–H groups in total. The van der Waals surface area contributed by atoms with Crippen molar-refractivity contribution in [2.24, 2.45) is 0 Å². The molecule has 1 saturated heterocycles. The minimum absolute atomic E-state index is 0.0409. The van der Waals surface area contributed by atoms with Crippen molar-refractivity contribution in [3.8, 4) is 11.5 Å². The zero-order valence-electron chi connectivity index (χ0n) is 21.0. The Balaban J connectivity index is 1.66. The zero-order chi connectivity index (χ0) is 26.1. The number of likely N-dealkylation sites (tertiary alicyclic amines) is 1. The van der Waals surface area contributed by atoms with Gasteiger partial charge in [-0.3, -0.25) is 9.59 Å². The van der Waals surface area contributed by atoms with E-state index in [1.807, 2.05) is 6.07 Å². The maximum Gasteiger partial charge on any atom is 0.348 e. The van der Waals surface area contributed by atoms with Crippen LogP contribution in [0, 0.1) is 0 Å². The lowest BCUT2D eigenvalue weighted by atomic mass is 10.1. The summed E-state index contributed by atoms with van der Waals surface area (Å²) in [6.07, 6.45) is 4.22. The van der Waals surface area contributed by atoms with Gasteiger partial charge in [-0.15, -0.1) is 0 Å². The quantitative estimate of drug-likeness (QED) is 0.443. The Kier molecular flexibility index (Phi) is 9.99. The van der Waals surface area contributed by atoms with Crippen LogP contribution in [-0.4, -0.2) is 43.5 Å². The van der Waals surface area contributed by atoms with Crippen LogP contribution in [-0.2, 0) is 17.8 Å². The lowest BCUT2D eigenvalue weighted by Gasteiger charge is -2.23. The van der Waals surface area contributed by atoms with Crippen molar-refractivity contribution in [3.05, 3.63) is 68.7 Å². The number of benzene rings is 1. The summed E-state index contributed by atoms with van der Waals surface area (Å²) in [4.78, 5) is 40.1. The number of carbonyl (C=O) groups excluding carboxylic acids is 2. The molecule has 0 spiro atoms. The summed E-state index contributed by atoms with van der Waals surface area (Å²) in [5.74, 6) is 1.06. The number of nitrogens with zero attached hydrogens (tertiary/aromatic N) is 1. The van der Waals surface area contributed by atoms with E-state index in [-0.39, 0.29) is 24.4 Å². The average Bonchev–Trinajstić information content (AvgIpc) is 3.29. The smallest absolute Gasteiger partial charge is 0.348 e. The average molecular weight is 517 g/mol. The number of carbonyl (C=O) groups is 2. The van der Waals surface area contributed by atoms with E-state index >= 15 is 0 Å². The Labute approximate surface area is 216 Å². The van der Waals surface area contributed by atoms with E-state index in [1.54, 1.807) is 32.4 Å². The number of ether oxygens (including phenoxy) is 2. The van der Waals surface area contributed by atoms with Crippen LogP contribution in [0.25, 0.3) is 0 Å². The normalized spacial score (nSPS) is 16.3. The van der Waals surface area contributed by atoms with Gasteiger partial charge >= 0.3 is 5.63 Å². The van der Waals surface area contributed by atoms with Gasteiger partial charge < -0.3 is 24.1 Å². The molecule has 194 valence electrons. The number of rotatable bonds is 11. The lowest BCUT2D eigenvalue weighted by molar-refractivity contribution is -0.122. The second kappa shape index (κ2) is 13.2. The third-order valence-corrected chi connectivity index (χ3v) is 6.53. The fourth-order valence-corrected chi connectivity index (χ4v) is 4.41. The fourth-order valence-electron chi connectivity index (χ4n) is 4.25. The largest absolute Gasteiger partial charge is 0.493 e. The highest BCUT2D eigenvalue weighted by molar-refractivity contribution is 6.25. The van der Waals surface area contributed by atoms with E-state index < -0.39 is 17.6 Å². The molecule has 9 heteroatoms. The van der Waals surface area contributed by atoms with Gasteiger partial charge in [0.1, 0.15) is 11.3 Å². The molecule has 0 bridgehead atoms. The Hall–Kier alpha value is -3.26. The van der Waals surface area contributed by atoms with Crippen molar-refractivity contribution in [1.82, 2.24) is 10.2 Å². The van der Waals surface area contributed by atoms with Gasteiger partial charge in [0.25, 0.3) is 5.91 Å². The molecular formula is C27H33ClN2O6. The van der Waals surface area contributed by atoms with Gasteiger partial charge in [-0.25, -0.2) is 4.79 Å². The van der Waals surface area contributed by atoms with Gasteiger partial charge in [-0.1, -0.05) is 37.4 Å². The minimum Gasteiger partial charge on any atom is -0.493 e. The van der Waals surface area contributed by atoms with Crippen LogP contribution in [0.2, 0.25) is 0 Å². The molecule has 2 heterocycles. The molecule has 1 aliphatic rings. The Bertz CT molecular complexity index is 1160. The minimum atomic E-state index is -0.658. The van der Waals surface area contributed by atoms with Crippen molar-refractivity contribution in [3.63, 3.8) is 0 Å². The van der Waals surface area contributed by atoms with E-state index in [0.717, 1.165) is 30.4 Å². The van der Waals surface area contributed by atoms with Crippen molar-refractivity contribution < 1.29 is 23.5 Å². The number of amides is 2. The van der Waals surface area contributed by atoms with E-state index in [4.69, 9.17) is 25.5 Å². The summed E-state index contributed by atoms with van der Waals surface area (Å²) >= 11 is 5.93. The molecule has 8 nitrogen and oxygen atoms in total.